The van der Waals surface area contributed by atoms with Gasteiger partial charge in [0, 0.05) is 13.6 Å². The van der Waals surface area contributed by atoms with Crippen molar-refractivity contribution in [3.63, 3.8) is 0 Å². The largest absolute Gasteiger partial charge is 0.337 e. The molecule has 7 heteroatoms. The van der Waals surface area contributed by atoms with Crippen LogP contribution in [0.5, 0.6) is 0 Å². The number of hydrogen-bond acceptors (Lipinski definition) is 5. The summed E-state index contributed by atoms with van der Waals surface area (Å²) >= 11 is 1.37. The summed E-state index contributed by atoms with van der Waals surface area (Å²) in [5.41, 5.74) is 5.54. The number of aryl methyl sites for hydroxylation is 2. The first-order chi connectivity index (χ1) is 14.4. The van der Waals surface area contributed by atoms with E-state index < -0.39 is 0 Å². The summed E-state index contributed by atoms with van der Waals surface area (Å²) in [5.74, 6) is -0.0383. The van der Waals surface area contributed by atoms with Crippen LogP contribution in [0.3, 0.4) is 0 Å². The van der Waals surface area contributed by atoms with E-state index in [9.17, 15) is 4.79 Å². The van der Waals surface area contributed by atoms with E-state index in [-0.39, 0.29) is 5.91 Å². The van der Waals surface area contributed by atoms with E-state index in [0.717, 1.165) is 16.9 Å². The Bertz CT molecular complexity index is 1180. The molecule has 152 valence electrons. The van der Waals surface area contributed by atoms with Gasteiger partial charge in [-0.2, -0.15) is 0 Å². The van der Waals surface area contributed by atoms with Gasteiger partial charge in [0.05, 0.1) is 17.1 Å². The van der Waals surface area contributed by atoms with Crippen LogP contribution in [-0.2, 0) is 6.54 Å². The fourth-order valence-electron chi connectivity index (χ4n) is 3.26. The third-order valence-electron chi connectivity index (χ3n) is 4.98. The minimum Gasteiger partial charge on any atom is -0.337 e. The van der Waals surface area contributed by atoms with Gasteiger partial charge in [-0.25, -0.2) is 9.67 Å². The third kappa shape index (κ3) is 3.89. The Balaban J connectivity index is 1.60. The van der Waals surface area contributed by atoms with Gasteiger partial charge in [-0.05, 0) is 38.5 Å². The van der Waals surface area contributed by atoms with Crippen LogP contribution >= 0.6 is 11.3 Å². The predicted molar refractivity (Wildman–Crippen MR) is 119 cm³/mol. The molecule has 0 aliphatic carbocycles. The number of rotatable bonds is 5. The Morgan fingerprint density at radius 2 is 1.73 bits per heavy atom. The highest BCUT2D eigenvalue weighted by Gasteiger charge is 2.22. The molecule has 0 radical (unpaired) electrons. The van der Waals surface area contributed by atoms with Crippen molar-refractivity contribution >= 4 is 17.2 Å². The number of carbonyl (C=O) groups excluding carboxylic acids is 1. The summed E-state index contributed by atoms with van der Waals surface area (Å²) in [6, 6.07) is 18.1. The smallest absolute Gasteiger partial charge is 0.265 e. The molecule has 2 aromatic carbocycles. The average Bonchev–Trinajstić information content (AvgIpc) is 3.31. The lowest BCUT2D eigenvalue weighted by atomic mass is 10.2. The molecule has 30 heavy (non-hydrogen) atoms. The maximum absolute atomic E-state index is 13.0. The van der Waals surface area contributed by atoms with E-state index in [4.69, 9.17) is 0 Å². The van der Waals surface area contributed by atoms with Crippen LogP contribution in [0.15, 0.2) is 54.6 Å². The molecule has 0 unspecified atom stereocenters. The van der Waals surface area contributed by atoms with E-state index in [1.54, 1.807) is 9.58 Å². The molecule has 4 rings (SSSR count). The molecule has 0 bridgehead atoms. The number of benzene rings is 2. The van der Waals surface area contributed by atoms with Crippen LogP contribution in [0.4, 0.5) is 0 Å². The van der Waals surface area contributed by atoms with Crippen molar-refractivity contribution < 1.29 is 4.79 Å². The van der Waals surface area contributed by atoms with Gasteiger partial charge in [0.2, 0.25) is 0 Å². The minimum atomic E-state index is -0.0383. The summed E-state index contributed by atoms with van der Waals surface area (Å²) < 4.78 is 1.80. The van der Waals surface area contributed by atoms with Gasteiger partial charge in [0.1, 0.15) is 15.6 Å². The quantitative estimate of drug-likeness (QED) is 0.476. The first kappa shape index (κ1) is 20.0. The first-order valence-electron chi connectivity index (χ1n) is 9.70. The number of thiazole rings is 1. The van der Waals surface area contributed by atoms with Gasteiger partial charge in [-0.15, -0.1) is 16.4 Å². The molecule has 0 aliphatic heterocycles. The second kappa shape index (κ2) is 8.20. The fourth-order valence-corrected chi connectivity index (χ4v) is 4.35. The molecule has 0 atom stereocenters. The Labute approximate surface area is 179 Å². The molecule has 0 saturated carbocycles. The zero-order chi connectivity index (χ0) is 21.3. The van der Waals surface area contributed by atoms with Gasteiger partial charge in [0.15, 0.2) is 0 Å². The zero-order valence-electron chi connectivity index (χ0n) is 17.5. The molecule has 6 nitrogen and oxygen atoms in total. The Hall–Kier alpha value is -3.32. The van der Waals surface area contributed by atoms with Gasteiger partial charge < -0.3 is 4.90 Å². The van der Waals surface area contributed by atoms with Crippen LogP contribution in [0.1, 0.15) is 32.2 Å². The number of nitrogens with zero attached hydrogens (tertiary/aromatic N) is 5. The third-order valence-corrected chi connectivity index (χ3v) is 6.13. The van der Waals surface area contributed by atoms with Crippen molar-refractivity contribution in [2.75, 3.05) is 7.05 Å². The maximum atomic E-state index is 13.0. The number of carbonyl (C=O) groups is 1. The van der Waals surface area contributed by atoms with E-state index >= 15 is 0 Å². The first-order valence-corrected chi connectivity index (χ1v) is 10.5. The number of amides is 1. The molecular formula is C23H23N5OS. The van der Waals surface area contributed by atoms with Crippen molar-refractivity contribution in [1.29, 1.82) is 0 Å². The molecule has 0 saturated heterocycles. The summed E-state index contributed by atoms with van der Waals surface area (Å²) in [6.45, 7) is 6.43. The molecule has 0 spiro atoms. The summed E-state index contributed by atoms with van der Waals surface area (Å²) in [7, 11) is 1.81. The summed E-state index contributed by atoms with van der Waals surface area (Å²) in [5, 5.41) is 9.36. The lowest BCUT2D eigenvalue weighted by molar-refractivity contribution is 0.0789. The summed E-state index contributed by atoms with van der Waals surface area (Å²) in [4.78, 5) is 20.0. The van der Waals surface area contributed by atoms with Crippen molar-refractivity contribution in [3.05, 3.63) is 82.0 Å². The van der Waals surface area contributed by atoms with Crippen LogP contribution in [0.25, 0.3) is 16.4 Å². The van der Waals surface area contributed by atoms with Gasteiger partial charge in [-0.1, -0.05) is 53.2 Å². The van der Waals surface area contributed by atoms with Crippen LogP contribution in [0, 0.1) is 20.8 Å². The molecule has 0 fully saturated rings. The van der Waals surface area contributed by atoms with E-state index in [1.807, 2.05) is 75.5 Å². The molecular weight excluding hydrogens is 394 g/mol. The Kier molecular flexibility index (Phi) is 5.46. The minimum absolute atomic E-state index is 0.0383. The van der Waals surface area contributed by atoms with E-state index in [0.29, 0.717) is 27.8 Å². The van der Waals surface area contributed by atoms with Crippen LogP contribution in [0.2, 0.25) is 0 Å². The van der Waals surface area contributed by atoms with Gasteiger partial charge >= 0.3 is 0 Å². The molecule has 0 N–H and O–H groups in total. The standard InChI is InChI=1S/C23H23N5OS/c1-15-10-12-19(13-11-15)28-17(3)20(25-26-28)22-24-16(2)21(30-22)23(29)27(4)14-18-8-6-5-7-9-18/h5-13H,14H2,1-4H3. The van der Waals surface area contributed by atoms with Crippen molar-refractivity contribution in [2.45, 2.75) is 27.3 Å². The lowest BCUT2D eigenvalue weighted by Gasteiger charge is -2.16. The maximum Gasteiger partial charge on any atom is 0.265 e. The molecule has 2 aromatic heterocycles. The second-order valence-corrected chi connectivity index (χ2v) is 8.35. The highest BCUT2D eigenvalue weighted by molar-refractivity contribution is 7.17. The highest BCUT2D eigenvalue weighted by Crippen LogP contribution is 2.30. The monoisotopic (exact) mass is 417 g/mol. The molecule has 4 aromatic rings. The molecule has 2 heterocycles. The highest BCUT2D eigenvalue weighted by atomic mass is 32.1. The number of aromatic nitrogens is 4. The Morgan fingerprint density at radius 1 is 1.03 bits per heavy atom. The normalized spacial score (nSPS) is 10.9. The molecule has 1 amide bonds. The predicted octanol–water partition coefficient (Wildman–Crippen LogP) is 4.59. The van der Waals surface area contributed by atoms with Crippen LogP contribution < -0.4 is 0 Å². The fraction of sp³-hybridized carbons (Fsp3) is 0.217. The van der Waals surface area contributed by atoms with E-state index in [2.05, 4.69) is 22.2 Å². The van der Waals surface area contributed by atoms with Crippen molar-refractivity contribution in [3.8, 4) is 16.4 Å². The Morgan fingerprint density at radius 3 is 2.43 bits per heavy atom. The second-order valence-electron chi connectivity index (χ2n) is 7.35. The van der Waals surface area contributed by atoms with E-state index in [1.165, 1.54) is 16.9 Å². The van der Waals surface area contributed by atoms with Crippen molar-refractivity contribution in [1.82, 2.24) is 24.9 Å². The number of hydrogen-bond donors (Lipinski definition) is 0. The summed E-state index contributed by atoms with van der Waals surface area (Å²) in [6.07, 6.45) is 0. The van der Waals surface area contributed by atoms with Gasteiger partial charge in [0.25, 0.3) is 5.91 Å². The zero-order valence-corrected chi connectivity index (χ0v) is 18.3. The van der Waals surface area contributed by atoms with Gasteiger partial charge in [-0.3, -0.25) is 4.79 Å². The SMILES string of the molecule is Cc1ccc(-n2nnc(-c3nc(C)c(C(=O)N(C)Cc4ccccc4)s3)c2C)cc1. The van der Waals surface area contributed by atoms with Crippen molar-refractivity contribution in [2.24, 2.45) is 0 Å². The topological polar surface area (TPSA) is 63.9 Å². The molecule has 0 aliphatic rings. The lowest BCUT2D eigenvalue weighted by Crippen LogP contribution is -2.26. The van der Waals surface area contributed by atoms with Crippen LogP contribution in [-0.4, -0.2) is 37.8 Å². The average molecular weight is 418 g/mol.